The quantitative estimate of drug-likeness (QED) is 0.190. The van der Waals surface area contributed by atoms with Crippen LogP contribution in [0, 0.1) is 12.3 Å². The van der Waals surface area contributed by atoms with Crippen molar-refractivity contribution in [3.8, 4) is 12.3 Å². The Kier molecular flexibility index (Phi) is 13.0. The maximum Gasteiger partial charge on any atom is 0.408 e. The molecule has 0 fully saturated rings. The highest BCUT2D eigenvalue weighted by atomic mass is 16.6. The summed E-state index contributed by atoms with van der Waals surface area (Å²) in [5, 5.41) is 5.62. The number of hydrogen-bond donors (Lipinski definition) is 2. The largest absolute Gasteiger partial charge is 0.458 e. The molecule has 0 saturated heterocycles. The first-order valence-corrected chi connectivity index (χ1v) is 16.1. The first-order valence-electron chi connectivity index (χ1n) is 16.1. The average molecular weight is 654 g/mol. The maximum absolute atomic E-state index is 14.5. The normalized spacial score (nSPS) is 13.2. The van der Waals surface area contributed by atoms with E-state index in [9.17, 15) is 19.2 Å². The number of carbonyl (C=O) groups excluding carboxylic acids is 4. The van der Waals surface area contributed by atoms with E-state index in [1.807, 2.05) is 60.7 Å². The first-order chi connectivity index (χ1) is 22.6. The zero-order valence-electron chi connectivity index (χ0n) is 28.9. The molecule has 3 atom stereocenters. The molecule has 48 heavy (non-hydrogen) atoms. The van der Waals surface area contributed by atoms with E-state index in [4.69, 9.17) is 15.9 Å². The Bertz CT molecular complexity index is 1570. The van der Waals surface area contributed by atoms with E-state index in [2.05, 4.69) is 16.6 Å². The molecule has 3 amide bonds. The Hall–Kier alpha value is -5.10. The summed E-state index contributed by atoms with van der Waals surface area (Å²) in [6, 6.07) is 21.9. The second-order valence-electron chi connectivity index (χ2n) is 13.5. The van der Waals surface area contributed by atoms with Crippen LogP contribution in [0.1, 0.15) is 76.8 Å². The lowest BCUT2D eigenvalue weighted by atomic mass is 9.98. The van der Waals surface area contributed by atoms with Gasteiger partial charge in [-0.15, -0.1) is 6.42 Å². The Morgan fingerprint density at radius 1 is 0.729 bits per heavy atom. The summed E-state index contributed by atoms with van der Waals surface area (Å²) < 4.78 is 11.2. The Morgan fingerprint density at radius 2 is 1.23 bits per heavy atom. The highest BCUT2D eigenvalue weighted by molar-refractivity contribution is 5.94. The zero-order valence-corrected chi connectivity index (χ0v) is 28.9. The number of alkyl carbamates (subject to hydrolysis) is 1. The molecule has 9 heteroatoms. The Labute approximate surface area is 284 Å². The predicted molar refractivity (Wildman–Crippen MR) is 186 cm³/mol. The van der Waals surface area contributed by atoms with Crippen molar-refractivity contribution in [2.24, 2.45) is 0 Å². The molecule has 0 saturated carbocycles. The summed E-state index contributed by atoms with van der Waals surface area (Å²) in [5.74, 6) is 0.854. The van der Waals surface area contributed by atoms with E-state index in [1.54, 1.807) is 72.7 Å². The lowest BCUT2D eigenvalue weighted by molar-refractivity contribution is -0.159. The van der Waals surface area contributed by atoms with Crippen molar-refractivity contribution in [2.45, 2.75) is 90.6 Å². The van der Waals surface area contributed by atoms with Gasteiger partial charge in [-0.1, -0.05) is 78.7 Å². The van der Waals surface area contributed by atoms with E-state index in [0.29, 0.717) is 11.1 Å². The first kappa shape index (κ1) is 37.4. The van der Waals surface area contributed by atoms with Gasteiger partial charge >= 0.3 is 12.1 Å². The number of benzene rings is 3. The van der Waals surface area contributed by atoms with E-state index in [0.717, 1.165) is 11.1 Å². The van der Waals surface area contributed by atoms with Crippen molar-refractivity contribution in [3.05, 3.63) is 107 Å². The molecule has 0 aromatic heterocycles. The molecule has 3 unspecified atom stereocenters. The Balaban J connectivity index is 2.05. The van der Waals surface area contributed by atoms with Crippen LogP contribution < -0.4 is 10.6 Å². The van der Waals surface area contributed by atoms with Crippen LogP contribution in [0.4, 0.5) is 4.79 Å². The fourth-order valence-electron chi connectivity index (χ4n) is 5.07. The average Bonchev–Trinajstić information content (AvgIpc) is 3.02. The number of amides is 3. The molecule has 0 spiro atoms. The third-order valence-corrected chi connectivity index (χ3v) is 7.14. The van der Waals surface area contributed by atoms with E-state index >= 15 is 0 Å². The summed E-state index contributed by atoms with van der Waals surface area (Å²) in [6.07, 6.45) is 5.15. The van der Waals surface area contributed by atoms with Crippen LogP contribution in [0.5, 0.6) is 0 Å². The van der Waals surface area contributed by atoms with Crippen LogP contribution in [0.3, 0.4) is 0 Å². The molecule has 0 radical (unpaired) electrons. The van der Waals surface area contributed by atoms with Gasteiger partial charge in [0.1, 0.15) is 29.3 Å². The summed E-state index contributed by atoms with van der Waals surface area (Å²) in [7, 11) is 0. The number of terminal acetylenes is 1. The van der Waals surface area contributed by atoms with Gasteiger partial charge in [-0.3, -0.25) is 9.59 Å². The smallest absolute Gasteiger partial charge is 0.408 e. The number of nitrogens with zero attached hydrogens (tertiary/aromatic N) is 1. The monoisotopic (exact) mass is 653 g/mol. The summed E-state index contributed by atoms with van der Waals surface area (Å²) in [4.78, 5) is 56.7. The molecule has 0 bridgehead atoms. The minimum atomic E-state index is -1.19. The fraction of sp³-hybridized carbons (Fsp3) is 0.385. The van der Waals surface area contributed by atoms with Gasteiger partial charge in [0, 0.05) is 24.9 Å². The van der Waals surface area contributed by atoms with Gasteiger partial charge in [-0.25, -0.2) is 9.59 Å². The number of carbonyl (C=O) groups is 4. The van der Waals surface area contributed by atoms with Gasteiger partial charge in [-0.2, -0.15) is 0 Å². The summed E-state index contributed by atoms with van der Waals surface area (Å²) >= 11 is 0. The van der Waals surface area contributed by atoms with Crippen LogP contribution >= 0.6 is 0 Å². The van der Waals surface area contributed by atoms with Gasteiger partial charge in [-0.05, 0) is 77.3 Å². The van der Waals surface area contributed by atoms with Gasteiger partial charge in [0.05, 0.1) is 0 Å². The van der Waals surface area contributed by atoms with Crippen LogP contribution in [0.25, 0.3) is 0 Å². The molecular weight excluding hydrogens is 606 g/mol. The summed E-state index contributed by atoms with van der Waals surface area (Å²) in [5.41, 5.74) is 1.08. The minimum absolute atomic E-state index is 0.102. The number of ether oxygens (including phenoxy) is 2. The fourth-order valence-corrected chi connectivity index (χ4v) is 5.07. The van der Waals surface area contributed by atoms with Crippen molar-refractivity contribution in [1.82, 2.24) is 15.5 Å². The molecule has 9 nitrogen and oxygen atoms in total. The lowest BCUT2D eigenvalue weighted by Gasteiger charge is -2.34. The number of esters is 1. The minimum Gasteiger partial charge on any atom is -0.458 e. The highest BCUT2D eigenvalue weighted by Gasteiger charge is 2.38. The lowest BCUT2D eigenvalue weighted by Crippen LogP contribution is -2.55. The van der Waals surface area contributed by atoms with Gasteiger partial charge < -0.3 is 25.0 Å². The van der Waals surface area contributed by atoms with Crippen molar-refractivity contribution in [1.29, 1.82) is 0 Å². The zero-order chi connectivity index (χ0) is 35.5. The van der Waals surface area contributed by atoms with E-state index < -0.39 is 53.2 Å². The summed E-state index contributed by atoms with van der Waals surface area (Å²) in [6.45, 7) is 12.3. The molecule has 0 aliphatic heterocycles. The molecule has 0 aliphatic rings. The number of hydrogen-bond acceptors (Lipinski definition) is 6. The second-order valence-corrected chi connectivity index (χ2v) is 13.5. The molecule has 3 aromatic rings. The Morgan fingerprint density at radius 3 is 1.69 bits per heavy atom. The van der Waals surface area contributed by atoms with Crippen molar-refractivity contribution >= 4 is 23.9 Å². The number of rotatable bonds is 12. The number of likely N-dealkylation sites (N-methyl/N-ethyl adjacent to an activating group) is 1. The third-order valence-electron chi connectivity index (χ3n) is 7.14. The van der Waals surface area contributed by atoms with Crippen LogP contribution in [0.2, 0.25) is 0 Å². The molecular formula is C39H47N3O6. The second kappa shape index (κ2) is 16.6. The van der Waals surface area contributed by atoms with Gasteiger partial charge in [0.15, 0.2) is 0 Å². The van der Waals surface area contributed by atoms with E-state index in [-0.39, 0.29) is 19.4 Å². The van der Waals surface area contributed by atoms with Crippen molar-refractivity contribution in [2.75, 3.05) is 6.54 Å². The van der Waals surface area contributed by atoms with E-state index in [1.165, 1.54) is 4.90 Å². The predicted octanol–water partition coefficient (Wildman–Crippen LogP) is 5.76. The van der Waals surface area contributed by atoms with Crippen molar-refractivity contribution < 1.29 is 28.7 Å². The van der Waals surface area contributed by atoms with Gasteiger partial charge in [0.2, 0.25) is 11.8 Å². The highest BCUT2D eigenvalue weighted by Crippen LogP contribution is 2.25. The standard InChI is InChI=1S/C39H47N3O6/c1-9-27-21-23-30(24-22-27)33(34(43)40-32(36(45)47-38(3,4)5)26-29-19-15-12-16-20-29)42(10-2)35(44)31(25-28-17-13-11-14-18-28)41-37(46)48-39(6,7)8/h1,11-24,31-33H,10,25-26H2,2-8H3,(H,40,43)(H,41,46). The van der Waals surface area contributed by atoms with Crippen LogP contribution in [-0.2, 0) is 36.7 Å². The number of nitrogens with one attached hydrogen (secondary N) is 2. The maximum atomic E-state index is 14.5. The van der Waals surface area contributed by atoms with Crippen LogP contribution in [0.15, 0.2) is 84.9 Å². The molecule has 3 rings (SSSR count). The third kappa shape index (κ3) is 11.6. The molecule has 0 aliphatic carbocycles. The molecule has 3 aromatic carbocycles. The van der Waals surface area contributed by atoms with Crippen LogP contribution in [-0.4, -0.2) is 58.6 Å². The topological polar surface area (TPSA) is 114 Å². The molecule has 254 valence electrons. The molecule has 2 N–H and O–H groups in total. The SMILES string of the molecule is C#Cc1ccc(C(C(=O)NC(Cc2ccccc2)C(=O)OC(C)(C)C)N(CC)C(=O)C(Cc2ccccc2)NC(=O)OC(C)(C)C)cc1. The molecule has 0 heterocycles. The van der Waals surface area contributed by atoms with Gasteiger partial charge in [0.25, 0.3) is 0 Å². The van der Waals surface area contributed by atoms with Crippen molar-refractivity contribution in [3.63, 3.8) is 0 Å².